The molecule has 1 nitrogen and oxygen atoms in total. The van der Waals surface area contributed by atoms with Gasteiger partial charge in [-0.2, -0.15) is 0 Å². The smallest absolute Gasteiger partial charge is 0.0178 e. The van der Waals surface area contributed by atoms with E-state index in [0.717, 1.165) is 0 Å². The fourth-order valence-electron chi connectivity index (χ4n) is 2.98. The summed E-state index contributed by atoms with van der Waals surface area (Å²) < 4.78 is 0. The highest BCUT2D eigenvalue weighted by Crippen LogP contribution is 2.24. The SMILES string of the molecule is CC(C)c1ccc(CN)cc1.CCCCc1cc(C(C)C)cc(C(C)C)c1. The molecule has 0 spiro atoms. The summed E-state index contributed by atoms with van der Waals surface area (Å²) in [5.74, 6) is 1.89. The molecule has 0 aromatic heterocycles. The van der Waals surface area contributed by atoms with E-state index in [9.17, 15) is 0 Å². The first-order valence-corrected chi connectivity index (χ1v) is 10.7. The highest BCUT2D eigenvalue weighted by atomic mass is 14.5. The van der Waals surface area contributed by atoms with Crippen LogP contribution in [-0.2, 0) is 13.0 Å². The van der Waals surface area contributed by atoms with E-state index in [1.54, 1.807) is 0 Å². The minimum absolute atomic E-state index is 0.613. The van der Waals surface area contributed by atoms with Gasteiger partial charge in [0.05, 0.1) is 0 Å². The first-order valence-electron chi connectivity index (χ1n) is 10.7. The maximum absolute atomic E-state index is 5.48. The molecule has 150 valence electrons. The van der Waals surface area contributed by atoms with Crippen molar-refractivity contribution in [3.8, 4) is 0 Å². The number of unbranched alkanes of at least 4 members (excludes halogenated alkanes) is 1. The van der Waals surface area contributed by atoms with E-state index in [-0.39, 0.29) is 0 Å². The molecule has 2 N–H and O–H groups in total. The second-order valence-corrected chi connectivity index (χ2v) is 8.52. The van der Waals surface area contributed by atoms with Gasteiger partial charge in [-0.15, -0.1) is 0 Å². The highest BCUT2D eigenvalue weighted by molar-refractivity contribution is 5.33. The van der Waals surface area contributed by atoms with Crippen LogP contribution in [0.3, 0.4) is 0 Å². The third kappa shape index (κ3) is 8.30. The second kappa shape index (κ2) is 12.0. The molecule has 0 aliphatic carbocycles. The van der Waals surface area contributed by atoms with Gasteiger partial charge in [-0.3, -0.25) is 0 Å². The molecule has 0 saturated heterocycles. The second-order valence-electron chi connectivity index (χ2n) is 8.52. The zero-order valence-corrected chi connectivity index (χ0v) is 18.7. The van der Waals surface area contributed by atoms with Gasteiger partial charge in [-0.05, 0) is 58.4 Å². The van der Waals surface area contributed by atoms with Crippen LogP contribution in [0.1, 0.15) is 107 Å². The number of nitrogens with two attached hydrogens (primary N) is 1. The fourth-order valence-corrected chi connectivity index (χ4v) is 2.98. The van der Waals surface area contributed by atoms with E-state index >= 15 is 0 Å². The standard InChI is InChI=1S/C16H26.C10H15N/c1-6-7-8-14-9-15(12(2)3)11-16(10-14)13(4)5;1-8(2)10-5-3-9(7-11)4-6-10/h9-13H,6-8H2,1-5H3;3-6,8H,7,11H2,1-2H3. The maximum Gasteiger partial charge on any atom is 0.0178 e. The average Bonchev–Trinajstić information content (AvgIpc) is 2.66. The van der Waals surface area contributed by atoms with E-state index in [4.69, 9.17) is 5.73 Å². The summed E-state index contributed by atoms with van der Waals surface area (Å²) in [4.78, 5) is 0. The fraction of sp³-hybridized carbons (Fsp3) is 0.538. The summed E-state index contributed by atoms with van der Waals surface area (Å²) in [6.45, 7) is 16.4. The van der Waals surface area contributed by atoms with Crippen molar-refractivity contribution in [1.82, 2.24) is 0 Å². The van der Waals surface area contributed by atoms with E-state index in [2.05, 4.69) is 90.9 Å². The van der Waals surface area contributed by atoms with Crippen molar-refractivity contribution >= 4 is 0 Å². The molecule has 0 atom stereocenters. The van der Waals surface area contributed by atoms with Crippen LogP contribution < -0.4 is 5.73 Å². The largest absolute Gasteiger partial charge is 0.326 e. The van der Waals surface area contributed by atoms with Crippen molar-refractivity contribution < 1.29 is 0 Å². The third-order valence-electron chi connectivity index (χ3n) is 5.07. The first-order chi connectivity index (χ1) is 12.8. The summed E-state index contributed by atoms with van der Waals surface area (Å²) in [7, 11) is 0. The molecule has 0 fully saturated rings. The number of rotatable bonds is 7. The molecule has 27 heavy (non-hydrogen) atoms. The Morgan fingerprint density at radius 3 is 1.52 bits per heavy atom. The lowest BCUT2D eigenvalue weighted by molar-refractivity contribution is 0.780. The molecule has 2 aromatic rings. The molecule has 0 amide bonds. The van der Waals surface area contributed by atoms with E-state index < -0.39 is 0 Å². The topological polar surface area (TPSA) is 26.0 Å². The van der Waals surface area contributed by atoms with Gasteiger partial charge in [0.1, 0.15) is 0 Å². The molecule has 1 heteroatoms. The molecular weight excluding hydrogens is 326 g/mol. The Kier molecular flexibility index (Phi) is 10.4. The summed E-state index contributed by atoms with van der Waals surface area (Å²) in [6.07, 6.45) is 3.82. The molecule has 0 aliphatic heterocycles. The summed E-state index contributed by atoms with van der Waals surface area (Å²) in [5, 5.41) is 0. The Morgan fingerprint density at radius 2 is 1.15 bits per heavy atom. The number of aryl methyl sites for hydroxylation is 1. The molecule has 0 aliphatic rings. The van der Waals surface area contributed by atoms with Crippen LogP contribution in [0.4, 0.5) is 0 Å². The Bertz CT molecular complexity index is 624. The van der Waals surface area contributed by atoms with Crippen molar-refractivity contribution in [1.29, 1.82) is 0 Å². The molecule has 0 heterocycles. The van der Waals surface area contributed by atoms with Gasteiger partial charge in [0, 0.05) is 6.54 Å². The monoisotopic (exact) mass is 367 g/mol. The van der Waals surface area contributed by atoms with Gasteiger partial charge in [-0.25, -0.2) is 0 Å². The lowest BCUT2D eigenvalue weighted by atomic mass is 9.92. The van der Waals surface area contributed by atoms with Crippen LogP contribution in [0.25, 0.3) is 0 Å². The van der Waals surface area contributed by atoms with Gasteiger partial charge in [0.15, 0.2) is 0 Å². The van der Waals surface area contributed by atoms with Gasteiger partial charge in [-0.1, -0.05) is 97.4 Å². The van der Waals surface area contributed by atoms with Crippen LogP contribution in [0, 0.1) is 0 Å². The predicted molar refractivity (Wildman–Crippen MR) is 122 cm³/mol. The lowest BCUT2D eigenvalue weighted by Crippen LogP contribution is -1.97. The van der Waals surface area contributed by atoms with Crippen LogP contribution in [0.15, 0.2) is 42.5 Å². The molecule has 2 aromatic carbocycles. The van der Waals surface area contributed by atoms with Gasteiger partial charge in [0.25, 0.3) is 0 Å². The summed E-state index contributed by atoms with van der Waals surface area (Å²) in [6, 6.07) is 15.6. The number of hydrogen-bond donors (Lipinski definition) is 1. The van der Waals surface area contributed by atoms with Gasteiger partial charge in [0.2, 0.25) is 0 Å². The van der Waals surface area contributed by atoms with Crippen LogP contribution in [0.2, 0.25) is 0 Å². The Hall–Kier alpha value is -1.60. The van der Waals surface area contributed by atoms with Gasteiger partial charge < -0.3 is 5.73 Å². The molecule has 0 unspecified atom stereocenters. The van der Waals surface area contributed by atoms with Crippen molar-refractivity contribution in [3.63, 3.8) is 0 Å². The third-order valence-corrected chi connectivity index (χ3v) is 5.07. The minimum Gasteiger partial charge on any atom is -0.326 e. The lowest BCUT2D eigenvalue weighted by Gasteiger charge is -2.14. The van der Waals surface area contributed by atoms with Crippen LogP contribution in [-0.4, -0.2) is 0 Å². The summed E-state index contributed by atoms with van der Waals surface area (Å²) in [5.41, 5.74) is 12.6. The normalized spacial score (nSPS) is 11.1. The molecule has 0 saturated carbocycles. The van der Waals surface area contributed by atoms with Gasteiger partial charge >= 0.3 is 0 Å². The Labute approximate surface area is 168 Å². The maximum atomic E-state index is 5.48. The average molecular weight is 368 g/mol. The highest BCUT2D eigenvalue weighted by Gasteiger charge is 2.06. The Morgan fingerprint density at radius 1 is 0.667 bits per heavy atom. The minimum atomic E-state index is 0.613. The van der Waals surface area contributed by atoms with Crippen molar-refractivity contribution in [2.75, 3.05) is 0 Å². The zero-order valence-electron chi connectivity index (χ0n) is 18.7. The van der Waals surface area contributed by atoms with Crippen LogP contribution >= 0.6 is 0 Å². The van der Waals surface area contributed by atoms with E-state index in [1.165, 1.54) is 47.1 Å². The first kappa shape index (κ1) is 23.4. The van der Waals surface area contributed by atoms with Crippen molar-refractivity contribution in [2.45, 2.75) is 92.0 Å². The predicted octanol–water partition coefficient (Wildman–Crippen LogP) is 7.54. The molecule has 2 rings (SSSR count). The summed E-state index contributed by atoms with van der Waals surface area (Å²) >= 11 is 0. The molecule has 0 radical (unpaired) electrons. The van der Waals surface area contributed by atoms with E-state index in [1.807, 2.05) is 0 Å². The molecular formula is C26H41N. The zero-order chi connectivity index (χ0) is 20.4. The Balaban J connectivity index is 0.000000289. The van der Waals surface area contributed by atoms with E-state index in [0.29, 0.717) is 24.3 Å². The van der Waals surface area contributed by atoms with Crippen LogP contribution in [0.5, 0.6) is 0 Å². The quantitative estimate of drug-likeness (QED) is 0.537. The van der Waals surface area contributed by atoms with Crippen molar-refractivity contribution in [2.24, 2.45) is 5.73 Å². The number of hydrogen-bond acceptors (Lipinski definition) is 1. The number of benzene rings is 2. The van der Waals surface area contributed by atoms with Crippen molar-refractivity contribution in [3.05, 3.63) is 70.3 Å². The molecule has 0 bridgehead atoms.